The lowest BCUT2D eigenvalue weighted by Crippen LogP contribution is -2.52. The number of carbonyl (C=O) groups is 2. The highest BCUT2D eigenvalue weighted by Crippen LogP contribution is 2.38. The van der Waals surface area contributed by atoms with E-state index in [1.54, 1.807) is 12.1 Å². The van der Waals surface area contributed by atoms with E-state index in [9.17, 15) is 9.59 Å². The summed E-state index contributed by atoms with van der Waals surface area (Å²) in [6, 6.07) is 3.58. The maximum absolute atomic E-state index is 12.5. The molecule has 1 atom stereocenters. The molecule has 2 amide bonds. The van der Waals surface area contributed by atoms with Crippen LogP contribution in [-0.4, -0.2) is 80.3 Å². The normalized spacial score (nSPS) is 22.2. The van der Waals surface area contributed by atoms with Gasteiger partial charge in [0.1, 0.15) is 19.3 Å². The van der Waals surface area contributed by atoms with Crippen molar-refractivity contribution in [2.75, 3.05) is 57.9 Å². The van der Waals surface area contributed by atoms with Crippen LogP contribution in [0.5, 0.6) is 11.5 Å². The van der Waals surface area contributed by atoms with Crippen molar-refractivity contribution >= 4 is 33.4 Å². The molecular weight excluding hydrogens is 430 g/mol. The van der Waals surface area contributed by atoms with Gasteiger partial charge in [0.25, 0.3) is 5.91 Å². The number of nitrogens with zero attached hydrogens (tertiary/aromatic N) is 2. The molecule has 1 N–H and O–H groups in total. The minimum Gasteiger partial charge on any atom is -0.486 e. The molecule has 0 spiro atoms. The molecular formula is C19H24BrN3O5. The highest BCUT2D eigenvalue weighted by atomic mass is 79.9. The monoisotopic (exact) mass is 453 g/mol. The number of halogens is 1. The van der Waals surface area contributed by atoms with E-state index in [0.717, 1.165) is 17.3 Å². The van der Waals surface area contributed by atoms with Crippen molar-refractivity contribution < 1.29 is 23.8 Å². The number of piperazine rings is 1. The molecule has 0 aromatic heterocycles. The van der Waals surface area contributed by atoms with Crippen LogP contribution in [0.3, 0.4) is 0 Å². The number of amides is 2. The van der Waals surface area contributed by atoms with Gasteiger partial charge in [-0.15, -0.1) is 0 Å². The first-order valence-electron chi connectivity index (χ1n) is 9.62. The van der Waals surface area contributed by atoms with E-state index in [4.69, 9.17) is 14.2 Å². The van der Waals surface area contributed by atoms with Gasteiger partial charge in [0.05, 0.1) is 12.2 Å². The van der Waals surface area contributed by atoms with Gasteiger partial charge in [-0.2, -0.15) is 0 Å². The zero-order chi connectivity index (χ0) is 19.5. The molecule has 152 valence electrons. The van der Waals surface area contributed by atoms with Gasteiger partial charge in [0.15, 0.2) is 11.5 Å². The first-order chi connectivity index (χ1) is 13.6. The molecule has 9 heteroatoms. The van der Waals surface area contributed by atoms with Crippen LogP contribution in [-0.2, 0) is 14.3 Å². The number of carbonyl (C=O) groups excluding carboxylic acids is 2. The van der Waals surface area contributed by atoms with Crippen molar-refractivity contribution in [3.8, 4) is 11.5 Å². The van der Waals surface area contributed by atoms with Crippen LogP contribution in [0.15, 0.2) is 16.6 Å². The smallest absolute Gasteiger partial charge is 0.251 e. The molecule has 8 nitrogen and oxygen atoms in total. The number of fused-ring (bicyclic) bond motifs is 1. The highest BCUT2D eigenvalue weighted by molar-refractivity contribution is 9.10. The van der Waals surface area contributed by atoms with Crippen LogP contribution < -0.4 is 14.8 Å². The Morgan fingerprint density at radius 3 is 2.46 bits per heavy atom. The van der Waals surface area contributed by atoms with Crippen molar-refractivity contribution in [2.24, 2.45) is 0 Å². The Morgan fingerprint density at radius 2 is 1.79 bits per heavy atom. The topological polar surface area (TPSA) is 80.3 Å². The van der Waals surface area contributed by atoms with E-state index in [0.29, 0.717) is 63.2 Å². The molecule has 2 fully saturated rings. The number of hydrogen-bond acceptors (Lipinski definition) is 6. The average molecular weight is 454 g/mol. The largest absolute Gasteiger partial charge is 0.486 e. The standard InChI is InChI=1S/C19H24BrN3O5/c20-13-10-16-17(28-9-8-27-16)11-14(13)21-18(24)12-22-3-5-23(6-4-22)19(25)15-2-1-7-26-15/h10-11,15H,1-9,12H2,(H,21,24). The van der Waals surface area contributed by atoms with E-state index < -0.39 is 0 Å². The summed E-state index contributed by atoms with van der Waals surface area (Å²) in [5.74, 6) is 1.28. The van der Waals surface area contributed by atoms with Gasteiger partial charge in [-0.25, -0.2) is 0 Å². The van der Waals surface area contributed by atoms with Crippen molar-refractivity contribution in [1.82, 2.24) is 9.80 Å². The van der Waals surface area contributed by atoms with Gasteiger partial charge >= 0.3 is 0 Å². The summed E-state index contributed by atoms with van der Waals surface area (Å²) in [6.07, 6.45) is 1.49. The van der Waals surface area contributed by atoms with Crippen LogP contribution in [0.1, 0.15) is 12.8 Å². The molecule has 1 aromatic carbocycles. The minimum absolute atomic E-state index is 0.0850. The van der Waals surface area contributed by atoms with Gasteiger partial charge in [-0.1, -0.05) is 0 Å². The third kappa shape index (κ3) is 4.42. The van der Waals surface area contributed by atoms with E-state index >= 15 is 0 Å². The van der Waals surface area contributed by atoms with Crippen LogP contribution in [0, 0.1) is 0 Å². The maximum Gasteiger partial charge on any atom is 0.251 e. The van der Waals surface area contributed by atoms with E-state index in [-0.39, 0.29) is 24.5 Å². The Hall–Kier alpha value is -1.84. The van der Waals surface area contributed by atoms with Crippen LogP contribution >= 0.6 is 15.9 Å². The lowest BCUT2D eigenvalue weighted by molar-refractivity contribution is -0.142. The fraction of sp³-hybridized carbons (Fsp3) is 0.579. The molecule has 0 radical (unpaired) electrons. The Kier molecular flexibility index (Phi) is 6.03. The molecule has 1 aromatic rings. The average Bonchev–Trinajstić information content (AvgIpc) is 3.23. The molecule has 3 heterocycles. The number of nitrogens with one attached hydrogen (secondary N) is 1. The van der Waals surface area contributed by atoms with E-state index in [1.807, 2.05) is 4.90 Å². The lowest BCUT2D eigenvalue weighted by atomic mass is 10.2. The first-order valence-corrected chi connectivity index (χ1v) is 10.4. The molecule has 28 heavy (non-hydrogen) atoms. The summed E-state index contributed by atoms with van der Waals surface area (Å²) in [7, 11) is 0. The van der Waals surface area contributed by atoms with Gasteiger partial charge in [0, 0.05) is 49.4 Å². The molecule has 0 bridgehead atoms. The van der Waals surface area contributed by atoms with Gasteiger partial charge in [-0.3, -0.25) is 14.5 Å². The van der Waals surface area contributed by atoms with Crippen molar-refractivity contribution in [3.05, 3.63) is 16.6 Å². The van der Waals surface area contributed by atoms with E-state index in [2.05, 4.69) is 26.1 Å². The summed E-state index contributed by atoms with van der Waals surface area (Å²) in [4.78, 5) is 28.8. The second kappa shape index (κ2) is 8.67. The highest BCUT2D eigenvalue weighted by Gasteiger charge is 2.30. The SMILES string of the molecule is O=C(CN1CCN(C(=O)C2CCCO2)CC1)Nc1cc2c(cc1Br)OCCO2. The summed E-state index contributed by atoms with van der Waals surface area (Å²) >= 11 is 3.47. The third-order valence-electron chi connectivity index (χ3n) is 5.16. The predicted molar refractivity (Wildman–Crippen MR) is 106 cm³/mol. The summed E-state index contributed by atoms with van der Waals surface area (Å²) in [5, 5.41) is 2.92. The number of benzene rings is 1. The Bertz CT molecular complexity index is 745. The van der Waals surface area contributed by atoms with Crippen molar-refractivity contribution in [2.45, 2.75) is 18.9 Å². The van der Waals surface area contributed by atoms with E-state index in [1.165, 1.54) is 0 Å². The van der Waals surface area contributed by atoms with Crippen molar-refractivity contribution in [1.29, 1.82) is 0 Å². The summed E-state index contributed by atoms with van der Waals surface area (Å²) < 4.78 is 17.3. The number of anilines is 1. The Balaban J connectivity index is 1.27. The second-order valence-electron chi connectivity index (χ2n) is 7.13. The van der Waals surface area contributed by atoms with Crippen LogP contribution in [0.4, 0.5) is 5.69 Å². The van der Waals surface area contributed by atoms with Gasteiger partial charge in [-0.05, 0) is 28.8 Å². The molecule has 0 aliphatic carbocycles. The number of ether oxygens (including phenoxy) is 3. The quantitative estimate of drug-likeness (QED) is 0.743. The molecule has 3 aliphatic rings. The fourth-order valence-electron chi connectivity index (χ4n) is 3.66. The number of rotatable bonds is 4. The molecule has 0 saturated carbocycles. The van der Waals surface area contributed by atoms with Crippen LogP contribution in [0.25, 0.3) is 0 Å². The summed E-state index contributed by atoms with van der Waals surface area (Å²) in [6.45, 7) is 4.57. The maximum atomic E-state index is 12.5. The number of hydrogen-bond donors (Lipinski definition) is 1. The first kappa shape index (κ1) is 19.5. The second-order valence-corrected chi connectivity index (χ2v) is 7.98. The summed E-state index contributed by atoms with van der Waals surface area (Å²) in [5.41, 5.74) is 0.654. The molecule has 4 rings (SSSR count). The Labute approximate surface area is 172 Å². The lowest BCUT2D eigenvalue weighted by Gasteiger charge is -2.35. The van der Waals surface area contributed by atoms with Gasteiger partial charge in [0.2, 0.25) is 5.91 Å². The van der Waals surface area contributed by atoms with Crippen molar-refractivity contribution in [3.63, 3.8) is 0 Å². The fourth-order valence-corrected chi connectivity index (χ4v) is 4.08. The predicted octanol–water partition coefficient (Wildman–Crippen LogP) is 1.48. The molecule has 2 saturated heterocycles. The molecule has 3 aliphatic heterocycles. The minimum atomic E-state index is -0.276. The zero-order valence-electron chi connectivity index (χ0n) is 15.6. The third-order valence-corrected chi connectivity index (χ3v) is 5.82. The molecule has 1 unspecified atom stereocenters. The van der Waals surface area contributed by atoms with Crippen LogP contribution in [0.2, 0.25) is 0 Å². The Morgan fingerprint density at radius 1 is 1.07 bits per heavy atom. The van der Waals surface area contributed by atoms with Gasteiger partial charge < -0.3 is 24.4 Å². The zero-order valence-corrected chi connectivity index (χ0v) is 17.2.